The largest absolute Gasteiger partial charge is 0.469 e. The van der Waals surface area contributed by atoms with Crippen LogP contribution in [0.3, 0.4) is 0 Å². The highest BCUT2D eigenvalue weighted by molar-refractivity contribution is 5.72. The highest BCUT2D eigenvalue weighted by Crippen LogP contribution is 2.24. The topological polar surface area (TPSA) is 46.5 Å². The van der Waals surface area contributed by atoms with Crippen LogP contribution in [0.1, 0.15) is 19.8 Å². The average Bonchev–Trinajstić information content (AvgIpc) is 2.08. The molecule has 12 heavy (non-hydrogen) atoms. The van der Waals surface area contributed by atoms with Crippen molar-refractivity contribution >= 4 is 5.97 Å². The first-order valence-corrected chi connectivity index (χ1v) is 4.07. The van der Waals surface area contributed by atoms with E-state index in [2.05, 4.69) is 4.74 Å². The zero-order valence-corrected chi connectivity index (χ0v) is 7.41. The zero-order valence-electron chi connectivity index (χ0n) is 7.41. The molecule has 1 rings (SSSR count). The molecule has 0 heterocycles. The van der Waals surface area contributed by atoms with E-state index in [0.717, 1.165) is 5.57 Å². The second-order valence-corrected chi connectivity index (χ2v) is 3.16. The Morgan fingerprint density at radius 2 is 2.42 bits per heavy atom. The van der Waals surface area contributed by atoms with Gasteiger partial charge in [0.05, 0.1) is 19.1 Å². The summed E-state index contributed by atoms with van der Waals surface area (Å²) in [6, 6.07) is 0. The van der Waals surface area contributed by atoms with E-state index < -0.39 is 6.10 Å². The van der Waals surface area contributed by atoms with Gasteiger partial charge in [-0.1, -0.05) is 6.08 Å². The maximum atomic E-state index is 11.1. The monoisotopic (exact) mass is 170 g/mol. The van der Waals surface area contributed by atoms with Crippen LogP contribution < -0.4 is 0 Å². The Hall–Kier alpha value is -0.830. The lowest BCUT2D eigenvalue weighted by atomic mass is 9.88. The highest BCUT2D eigenvalue weighted by atomic mass is 16.5. The summed E-state index contributed by atoms with van der Waals surface area (Å²) in [5.74, 6) is -0.383. The molecule has 0 aromatic rings. The maximum Gasteiger partial charge on any atom is 0.309 e. The van der Waals surface area contributed by atoms with Gasteiger partial charge in [-0.3, -0.25) is 4.79 Å². The molecule has 3 nitrogen and oxygen atoms in total. The zero-order chi connectivity index (χ0) is 9.14. The number of rotatable bonds is 1. The first-order valence-electron chi connectivity index (χ1n) is 4.07. The third-order valence-corrected chi connectivity index (χ3v) is 2.29. The predicted molar refractivity (Wildman–Crippen MR) is 44.5 cm³/mol. The molecule has 2 atom stereocenters. The Labute approximate surface area is 72.0 Å². The number of allylic oxidation sites excluding steroid dienone is 1. The summed E-state index contributed by atoms with van der Waals surface area (Å²) in [4.78, 5) is 11.1. The quantitative estimate of drug-likeness (QED) is 0.469. The lowest BCUT2D eigenvalue weighted by Gasteiger charge is -2.22. The van der Waals surface area contributed by atoms with Crippen molar-refractivity contribution in [3.63, 3.8) is 0 Å². The summed E-state index contributed by atoms with van der Waals surface area (Å²) < 4.78 is 4.59. The minimum atomic E-state index is -0.470. The van der Waals surface area contributed by atoms with E-state index in [4.69, 9.17) is 0 Å². The Morgan fingerprint density at radius 3 is 2.92 bits per heavy atom. The number of carbonyl (C=O) groups is 1. The van der Waals surface area contributed by atoms with Crippen LogP contribution >= 0.6 is 0 Å². The Morgan fingerprint density at radius 1 is 1.75 bits per heavy atom. The number of aliphatic hydroxyl groups is 1. The fourth-order valence-corrected chi connectivity index (χ4v) is 1.37. The Bertz CT molecular complexity index is 208. The van der Waals surface area contributed by atoms with Gasteiger partial charge in [0.25, 0.3) is 0 Å². The van der Waals surface area contributed by atoms with Crippen molar-refractivity contribution in [3.8, 4) is 0 Å². The van der Waals surface area contributed by atoms with Gasteiger partial charge in [0.1, 0.15) is 0 Å². The van der Waals surface area contributed by atoms with Crippen molar-refractivity contribution in [1.82, 2.24) is 0 Å². The molecule has 0 aliphatic heterocycles. The normalized spacial score (nSPS) is 29.4. The van der Waals surface area contributed by atoms with E-state index in [1.165, 1.54) is 7.11 Å². The first-order chi connectivity index (χ1) is 5.65. The summed E-state index contributed by atoms with van der Waals surface area (Å²) in [7, 11) is 1.37. The van der Waals surface area contributed by atoms with Crippen molar-refractivity contribution < 1.29 is 14.6 Å². The number of esters is 1. The van der Waals surface area contributed by atoms with E-state index in [1.807, 2.05) is 13.0 Å². The van der Waals surface area contributed by atoms with Crippen LogP contribution in [0.5, 0.6) is 0 Å². The van der Waals surface area contributed by atoms with E-state index in [1.54, 1.807) is 0 Å². The van der Waals surface area contributed by atoms with Crippen LogP contribution in [0, 0.1) is 5.92 Å². The smallest absolute Gasteiger partial charge is 0.309 e. The van der Waals surface area contributed by atoms with Crippen LogP contribution in [0.2, 0.25) is 0 Å². The average molecular weight is 170 g/mol. The van der Waals surface area contributed by atoms with Gasteiger partial charge in [-0.25, -0.2) is 0 Å². The fourth-order valence-electron chi connectivity index (χ4n) is 1.37. The summed E-state index contributed by atoms with van der Waals surface area (Å²) in [6.45, 7) is 1.87. The standard InChI is InChI=1S/C9H14O3/c1-6-3-4-7(5-8(6)10)9(11)12-2/h3,7-8,10H,4-5H2,1-2H3. The Kier molecular flexibility index (Phi) is 2.87. The number of carbonyl (C=O) groups excluding carboxylic acids is 1. The van der Waals surface area contributed by atoms with Gasteiger partial charge in [0.2, 0.25) is 0 Å². The number of hydrogen-bond acceptors (Lipinski definition) is 3. The van der Waals surface area contributed by atoms with Crippen LogP contribution in [0.15, 0.2) is 11.6 Å². The molecule has 0 fully saturated rings. The lowest BCUT2D eigenvalue weighted by Crippen LogP contribution is -2.25. The fraction of sp³-hybridized carbons (Fsp3) is 0.667. The third-order valence-electron chi connectivity index (χ3n) is 2.29. The minimum Gasteiger partial charge on any atom is -0.469 e. The SMILES string of the molecule is COC(=O)C1CC=C(C)C(O)C1. The van der Waals surface area contributed by atoms with E-state index in [-0.39, 0.29) is 11.9 Å². The van der Waals surface area contributed by atoms with Crippen molar-refractivity contribution in [1.29, 1.82) is 0 Å². The molecular weight excluding hydrogens is 156 g/mol. The van der Waals surface area contributed by atoms with Gasteiger partial charge in [-0.05, 0) is 25.3 Å². The molecule has 0 bridgehead atoms. The molecule has 0 aromatic heterocycles. The van der Waals surface area contributed by atoms with Gasteiger partial charge < -0.3 is 9.84 Å². The molecule has 1 aliphatic carbocycles. The Balaban J connectivity index is 2.59. The molecule has 0 saturated carbocycles. The van der Waals surface area contributed by atoms with Crippen molar-refractivity contribution in [2.24, 2.45) is 5.92 Å². The summed E-state index contributed by atoms with van der Waals surface area (Å²) in [6.07, 6.45) is 2.61. The number of aliphatic hydroxyl groups excluding tert-OH is 1. The molecule has 68 valence electrons. The van der Waals surface area contributed by atoms with Crippen LogP contribution in [-0.4, -0.2) is 24.3 Å². The molecule has 0 saturated heterocycles. The number of hydrogen-bond donors (Lipinski definition) is 1. The molecule has 2 unspecified atom stereocenters. The van der Waals surface area contributed by atoms with Crippen LogP contribution in [-0.2, 0) is 9.53 Å². The molecule has 0 aromatic carbocycles. The van der Waals surface area contributed by atoms with Crippen LogP contribution in [0.25, 0.3) is 0 Å². The van der Waals surface area contributed by atoms with Crippen molar-refractivity contribution in [2.45, 2.75) is 25.9 Å². The molecule has 0 spiro atoms. The number of methoxy groups -OCH3 is 1. The summed E-state index contributed by atoms with van der Waals surface area (Å²) in [5.41, 5.74) is 0.954. The molecule has 1 N–H and O–H groups in total. The minimum absolute atomic E-state index is 0.159. The first kappa shape index (κ1) is 9.26. The van der Waals surface area contributed by atoms with Crippen molar-refractivity contribution in [3.05, 3.63) is 11.6 Å². The number of ether oxygens (including phenoxy) is 1. The predicted octanol–water partition coefficient (Wildman–Crippen LogP) is 0.877. The van der Waals surface area contributed by atoms with Gasteiger partial charge in [0, 0.05) is 0 Å². The molecule has 0 amide bonds. The van der Waals surface area contributed by atoms with Gasteiger partial charge in [-0.15, -0.1) is 0 Å². The van der Waals surface area contributed by atoms with E-state index >= 15 is 0 Å². The highest BCUT2D eigenvalue weighted by Gasteiger charge is 2.25. The molecule has 1 aliphatic rings. The van der Waals surface area contributed by atoms with Gasteiger partial charge >= 0.3 is 5.97 Å². The van der Waals surface area contributed by atoms with E-state index in [9.17, 15) is 9.90 Å². The second-order valence-electron chi connectivity index (χ2n) is 3.16. The van der Waals surface area contributed by atoms with Crippen LogP contribution in [0.4, 0.5) is 0 Å². The molecule has 0 radical (unpaired) electrons. The maximum absolute atomic E-state index is 11.1. The van der Waals surface area contributed by atoms with Crippen molar-refractivity contribution in [2.75, 3.05) is 7.11 Å². The lowest BCUT2D eigenvalue weighted by molar-refractivity contribution is -0.146. The van der Waals surface area contributed by atoms with Gasteiger partial charge in [-0.2, -0.15) is 0 Å². The van der Waals surface area contributed by atoms with E-state index in [0.29, 0.717) is 12.8 Å². The third kappa shape index (κ3) is 1.85. The second kappa shape index (κ2) is 3.72. The summed E-state index contributed by atoms with van der Waals surface area (Å²) in [5, 5.41) is 9.42. The molecule has 3 heteroatoms. The summed E-state index contributed by atoms with van der Waals surface area (Å²) >= 11 is 0. The molecular formula is C9H14O3. The van der Waals surface area contributed by atoms with Gasteiger partial charge in [0.15, 0.2) is 0 Å².